The van der Waals surface area contributed by atoms with Crippen molar-refractivity contribution in [3.8, 4) is 11.5 Å². The molecule has 4 nitrogen and oxygen atoms in total. The van der Waals surface area contributed by atoms with Gasteiger partial charge in [-0.3, -0.25) is 4.79 Å². The summed E-state index contributed by atoms with van der Waals surface area (Å²) in [6, 6.07) is 11.7. The average molecular weight is 304 g/mol. The third-order valence-electron chi connectivity index (χ3n) is 2.74. The van der Waals surface area contributed by atoms with Gasteiger partial charge in [-0.2, -0.15) is 0 Å². The van der Waals surface area contributed by atoms with Gasteiger partial charge in [0.2, 0.25) is 5.91 Å². The van der Waals surface area contributed by atoms with Gasteiger partial charge in [0.1, 0.15) is 0 Å². The van der Waals surface area contributed by atoms with E-state index >= 15 is 0 Å². The number of aromatic hydroxyl groups is 1. The predicted molar refractivity (Wildman–Crippen MR) is 83.8 cm³/mol. The zero-order valence-corrected chi connectivity index (χ0v) is 12.1. The molecule has 0 aliphatic rings. The molecule has 0 heterocycles. The lowest BCUT2D eigenvalue weighted by Gasteiger charge is -2.04. The Morgan fingerprint density at radius 3 is 2.57 bits per heavy atom. The molecule has 0 bridgehead atoms. The lowest BCUT2D eigenvalue weighted by Crippen LogP contribution is -2.07. The summed E-state index contributed by atoms with van der Waals surface area (Å²) >= 11 is 5.77. The van der Waals surface area contributed by atoms with Crippen LogP contribution in [-0.4, -0.2) is 18.1 Å². The van der Waals surface area contributed by atoms with E-state index < -0.39 is 0 Å². The maximum atomic E-state index is 11.8. The van der Waals surface area contributed by atoms with E-state index in [1.54, 1.807) is 42.5 Å². The number of ether oxygens (including phenoxy) is 1. The summed E-state index contributed by atoms with van der Waals surface area (Å²) in [5.41, 5.74) is 1.35. The van der Waals surface area contributed by atoms with Gasteiger partial charge in [-0.05, 0) is 48.0 Å². The summed E-state index contributed by atoms with van der Waals surface area (Å²) < 4.78 is 4.95. The lowest BCUT2D eigenvalue weighted by atomic mass is 10.2. The monoisotopic (exact) mass is 303 g/mol. The molecule has 0 aromatic heterocycles. The molecule has 2 aromatic rings. The third-order valence-corrected chi connectivity index (χ3v) is 2.99. The molecule has 0 spiro atoms. The van der Waals surface area contributed by atoms with Gasteiger partial charge in [-0.1, -0.05) is 17.7 Å². The number of amides is 1. The minimum Gasteiger partial charge on any atom is -0.504 e. The summed E-state index contributed by atoms with van der Waals surface area (Å²) in [5, 5.41) is 13.0. The zero-order chi connectivity index (χ0) is 15.2. The van der Waals surface area contributed by atoms with E-state index in [0.717, 1.165) is 0 Å². The normalized spacial score (nSPS) is 10.6. The van der Waals surface area contributed by atoms with Gasteiger partial charge in [-0.15, -0.1) is 0 Å². The Bertz CT molecular complexity index is 666. The van der Waals surface area contributed by atoms with E-state index in [2.05, 4.69) is 5.32 Å². The van der Waals surface area contributed by atoms with Gasteiger partial charge in [0.15, 0.2) is 11.5 Å². The SMILES string of the molecule is COc1ccc(/C=C/C(=O)Nc2ccc(Cl)cc2)cc1O. The van der Waals surface area contributed by atoms with Crippen LogP contribution in [0.1, 0.15) is 5.56 Å². The van der Waals surface area contributed by atoms with Crippen LogP contribution in [0.3, 0.4) is 0 Å². The molecule has 2 rings (SSSR count). The molecule has 0 saturated heterocycles. The van der Waals surface area contributed by atoms with Gasteiger partial charge in [0.25, 0.3) is 0 Å². The first-order valence-electron chi connectivity index (χ1n) is 6.20. The molecule has 0 fully saturated rings. The molecule has 0 saturated carbocycles. The second-order valence-corrected chi connectivity index (χ2v) is 4.70. The highest BCUT2D eigenvalue weighted by Crippen LogP contribution is 2.26. The van der Waals surface area contributed by atoms with Crippen molar-refractivity contribution in [2.24, 2.45) is 0 Å². The number of halogens is 1. The molecule has 5 heteroatoms. The first kappa shape index (κ1) is 14.9. The molecule has 0 atom stereocenters. The largest absolute Gasteiger partial charge is 0.504 e. The van der Waals surface area contributed by atoms with Crippen LogP contribution in [0.25, 0.3) is 6.08 Å². The Hall–Kier alpha value is -2.46. The summed E-state index contributed by atoms with van der Waals surface area (Å²) in [6.45, 7) is 0. The van der Waals surface area contributed by atoms with E-state index in [0.29, 0.717) is 22.0 Å². The molecular formula is C16H14ClNO3. The molecule has 2 N–H and O–H groups in total. The average Bonchev–Trinajstić information content (AvgIpc) is 2.48. The summed E-state index contributed by atoms with van der Waals surface area (Å²) in [4.78, 5) is 11.8. The topological polar surface area (TPSA) is 58.6 Å². The standard InChI is InChI=1S/C16H14ClNO3/c1-21-15-8-2-11(10-14(15)19)3-9-16(20)18-13-6-4-12(17)5-7-13/h2-10,19H,1H3,(H,18,20)/b9-3+. The highest BCUT2D eigenvalue weighted by molar-refractivity contribution is 6.30. The van der Waals surface area contributed by atoms with Crippen LogP contribution < -0.4 is 10.1 Å². The van der Waals surface area contributed by atoms with Crippen LogP contribution in [0, 0.1) is 0 Å². The number of anilines is 1. The smallest absolute Gasteiger partial charge is 0.248 e. The number of carbonyl (C=O) groups is 1. The number of phenolic OH excluding ortho intramolecular Hbond substituents is 1. The number of nitrogens with one attached hydrogen (secondary N) is 1. The Balaban J connectivity index is 2.01. The number of rotatable bonds is 4. The molecule has 0 unspecified atom stereocenters. The van der Waals surface area contributed by atoms with Crippen molar-refractivity contribution in [2.75, 3.05) is 12.4 Å². The minimum absolute atomic E-state index is 0.0257. The van der Waals surface area contributed by atoms with Crippen LogP contribution in [0.5, 0.6) is 11.5 Å². The lowest BCUT2D eigenvalue weighted by molar-refractivity contribution is -0.111. The van der Waals surface area contributed by atoms with E-state index in [-0.39, 0.29) is 11.7 Å². The predicted octanol–water partition coefficient (Wildman–Crippen LogP) is 3.71. The number of hydrogen-bond donors (Lipinski definition) is 2. The quantitative estimate of drug-likeness (QED) is 0.847. The van der Waals surface area contributed by atoms with E-state index in [4.69, 9.17) is 16.3 Å². The van der Waals surface area contributed by atoms with Gasteiger partial charge in [0, 0.05) is 16.8 Å². The number of hydrogen-bond acceptors (Lipinski definition) is 3. The minimum atomic E-state index is -0.271. The van der Waals surface area contributed by atoms with Crippen LogP contribution >= 0.6 is 11.6 Å². The number of phenols is 1. The van der Waals surface area contributed by atoms with Crippen LogP contribution in [0.2, 0.25) is 5.02 Å². The molecule has 0 radical (unpaired) electrons. The molecule has 2 aromatic carbocycles. The molecule has 21 heavy (non-hydrogen) atoms. The maximum absolute atomic E-state index is 11.8. The summed E-state index contributed by atoms with van der Waals surface area (Å²) in [5.74, 6) is 0.142. The van der Waals surface area contributed by atoms with Crippen molar-refractivity contribution in [1.82, 2.24) is 0 Å². The second kappa shape index (κ2) is 6.81. The van der Waals surface area contributed by atoms with Crippen molar-refractivity contribution >= 4 is 29.3 Å². The first-order chi connectivity index (χ1) is 10.1. The highest BCUT2D eigenvalue weighted by Gasteiger charge is 2.01. The summed E-state index contributed by atoms with van der Waals surface area (Å²) in [7, 11) is 1.48. The number of benzene rings is 2. The molecule has 1 amide bonds. The molecule has 0 aliphatic heterocycles. The maximum Gasteiger partial charge on any atom is 0.248 e. The Labute approximate surface area is 127 Å². The third kappa shape index (κ3) is 4.26. The van der Waals surface area contributed by atoms with E-state index in [9.17, 15) is 9.90 Å². The Morgan fingerprint density at radius 2 is 1.95 bits per heavy atom. The van der Waals surface area contributed by atoms with Crippen molar-refractivity contribution in [3.63, 3.8) is 0 Å². The van der Waals surface area contributed by atoms with Crippen molar-refractivity contribution in [3.05, 3.63) is 59.1 Å². The number of carbonyl (C=O) groups excluding carboxylic acids is 1. The van der Waals surface area contributed by atoms with Crippen LogP contribution in [0.4, 0.5) is 5.69 Å². The Kier molecular flexibility index (Phi) is 4.85. The fraction of sp³-hybridized carbons (Fsp3) is 0.0625. The van der Waals surface area contributed by atoms with Crippen molar-refractivity contribution in [1.29, 1.82) is 0 Å². The molecular weight excluding hydrogens is 290 g/mol. The second-order valence-electron chi connectivity index (χ2n) is 4.26. The van der Waals surface area contributed by atoms with Gasteiger partial charge >= 0.3 is 0 Å². The zero-order valence-electron chi connectivity index (χ0n) is 11.3. The molecule has 108 valence electrons. The van der Waals surface area contributed by atoms with Crippen molar-refractivity contribution < 1.29 is 14.6 Å². The highest BCUT2D eigenvalue weighted by atomic mass is 35.5. The Morgan fingerprint density at radius 1 is 1.24 bits per heavy atom. The van der Waals surface area contributed by atoms with Gasteiger partial charge in [-0.25, -0.2) is 0 Å². The first-order valence-corrected chi connectivity index (χ1v) is 6.58. The van der Waals surface area contributed by atoms with Crippen molar-refractivity contribution in [2.45, 2.75) is 0 Å². The fourth-order valence-electron chi connectivity index (χ4n) is 1.70. The summed E-state index contributed by atoms with van der Waals surface area (Å²) in [6.07, 6.45) is 2.99. The van der Waals surface area contributed by atoms with Gasteiger partial charge in [0.05, 0.1) is 7.11 Å². The number of methoxy groups -OCH3 is 1. The van der Waals surface area contributed by atoms with E-state index in [1.807, 2.05) is 0 Å². The van der Waals surface area contributed by atoms with Crippen LogP contribution in [0.15, 0.2) is 48.5 Å². The van der Waals surface area contributed by atoms with Crippen LogP contribution in [-0.2, 0) is 4.79 Å². The molecule has 0 aliphatic carbocycles. The fourth-order valence-corrected chi connectivity index (χ4v) is 1.83. The van der Waals surface area contributed by atoms with Gasteiger partial charge < -0.3 is 15.2 Å². The van der Waals surface area contributed by atoms with E-state index in [1.165, 1.54) is 19.3 Å².